The van der Waals surface area contributed by atoms with Crippen molar-refractivity contribution in [2.24, 2.45) is 5.92 Å². The van der Waals surface area contributed by atoms with Gasteiger partial charge < -0.3 is 5.11 Å². The molecular formula is C19H18ClNO4S. The molecule has 0 saturated carbocycles. The lowest BCUT2D eigenvalue weighted by Crippen LogP contribution is -2.66. The quantitative estimate of drug-likeness (QED) is 0.764. The van der Waals surface area contributed by atoms with Gasteiger partial charge in [-0.05, 0) is 30.0 Å². The predicted molar refractivity (Wildman–Crippen MR) is 99.3 cm³/mol. The number of benzene rings is 1. The highest BCUT2D eigenvalue weighted by Crippen LogP contribution is 2.34. The minimum Gasteiger partial charge on any atom is -0.480 e. The van der Waals surface area contributed by atoms with E-state index in [1.807, 2.05) is 37.3 Å². The van der Waals surface area contributed by atoms with E-state index in [-0.39, 0.29) is 18.8 Å². The zero-order valence-corrected chi connectivity index (χ0v) is 15.7. The highest BCUT2D eigenvalue weighted by Gasteiger charge is 2.54. The summed E-state index contributed by atoms with van der Waals surface area (Å²) in [5, 5.41) is 9.51. The van der Waals surface area contributed by atoms with Crippen LogP contribution in [0, 0.1) is 5.92 Å². The van der Waals surface area contributed by atoms with Crippen molar-refractivity contribution < 1.29 is 19.5 Å². The Morgan fingerprint density at radius 3 is 2.50 bits per heavy atom. The molecule has 0 aliphatic carbocycles. The smallest absolute Gasteiger partial charge is 0.327 e. The van der Waals surface area contributed by atoms with Crippen molar-refractivity contribution in [3.8, 4) is 0 Å². The van der Waals surface area contributed by atoms with Crippen LogP contribution in [0.3, 0.4) is 0 Å². The molecule has 1 unspecified atom stereocenters. The molecule has 1 aromatic heterocycles. The molecule has 0 bridgehead atoms. The van der Waals surface area contributed by atoms with E-state index < -0.39 is 29.7 Å². The van der Waals surface area contributed by atoms with E-state index >= 15 is 0 Å². The fourth-order valence-corrected chi connectivity index (χ4v) is 4.39. The summed E-state index contributed by atoms with van der Waals surface area (Å²) in [6.07, 6.45) is 0.377. The lowest BCUT2D eigenvalue weighted by atomic mass is 9.83. The first-order valence-electron chi connectivity index (χ1n) is 8.26. The first-order valence-corrected chi connectivity index (χ1v) is 9.45. The van der Waals surface area contributed by atoms with Gasteiger partial charge in [0, 0.05) is 11.3 Å². The summed E-state index contributed by atoms with van der Waals surface area (Å²) in [7, 11) is 0. The van der Waals surface area contributed by atoms with Gasteiger partial charge in [-0.1, -0.05) is 48.9 Å². The summed E-state index contributed by atoms with van der Waals surface area (Å²) < 4.78 is 0.586. The molecule has 1 aliphatic rings. The van der Waals surface area contributed by atoms with Crippen LogP contribution < -0.4 is 0 Å². The van der Waals surface area contributed by atoms with E-state index in [0.717, 1.165) is 15.3 Å². The Morgan fingerprint density at radius 2 is 1.92 bits per heavy atom. The highest BCUT2D eigenvalue weighted by atomic mass is 35.5. The summed E-state index contributed by atoms with van der Waals surface area (Å²) in [6.45, 7) is 1.89. The Bertz CT molecular complexity index is 835. The van der Waals surface area contributed by atoms with Crippen LogP contribution in [0.15, 0.2) is 42.5 Å². The molecule has 136 valence electrons. The maximum absolute atomic E-state index is 12.6. The molecule has 0 radical (unpaired) electrons. The van der Waals surface area contributed by atoms with Crippen molar-refractivity contribution in [3.63, 3.8) is 0 Å². The lowest BCUT2D eigenvalue weighted by Gasteiger charge is -2.43. The minimum atomic E-state index is -1.15. The third kappa shape index (κ3) is 3.66. The summed E-state index contributed by atoms with van der Waals surface area (Å²) in [5.41, 5.74) is 0.977. The Balaban J connectivity index is 1.70. The molecule has 0 spiro atoms. The number of carbonyl (C=O) groups excluding carboxylic acids is 2. The number of β-lactam (4-membered cyclic amide) rings is 1. The van der Waals surface area contributed by atoms with Crippen LogP contribution in [0.1, 0.15) is 29.7 Å². The van der Waals surface area contributed by atoms with Crippen molar-refractivity contribution in [2.45, 2.75) is 31.7 Å². The molecule has 26 heavy (non-hydrogen) atoms. The van der Waals surface area contributed by atoms with Gasteiger partial charge in [0.1, 0.15) is 6.04 Å². The number of carboxylic acids is 1. The number of carboxylic acid groups (broad SMARTS) is 1. The van der Waals surface area contributed by atoms with Gasteiger partial charge in [0.25, 0.3) is 0 Å². The number of imide groups is 1. The Morgan fingerprint density at radius 1 is 1.23 bits per heavy atom. The summed E-state index contributed by atoms with van der Waals surface area (Å²) in [5.74, 6) is -2.84. The highest BCUT2D eigenvalue weighted by molar-refractivity contribution is 7.16. The number of hydrogen-bond acceptors (Lipinski definition) is 4. The van der Waals surface area contributed by atoms with Gasteiger partial charge in [-0.25, -0.2) is 4.79 Å². The first-order chi connectivity index (χ1) is 12.4. The maximum atomic E-state index is 12.6. The SMILES string of the molecule is C[C@@H](CC(=O)N1C(=O)[C@H](Cc2ccc(Cl)s2)C1C(=O)O)c1ccccc1. The number of thiophene rings is 1. The maximum Gasteiger partial charge on any atom is 0.327 e. The van der Waals surface area contributed by atoms with Gasteiger partial charge in [-0.15, -0.1) is 11.3 Å². The second-order valence-electron chi connectivity index (χ2n) is 6.42. The van der Waals surface area contributed by atoms with Gasteiger partial charge in [-0.3, -0.25) is 14.5 Å². The molecule has 2 amide bonds. The largest absolute Gasteiger partial charge is 0.480 e. The number of amides is 2. The summed E-state index contributed by atoms with van der Waals surface area (Å²) in [4.78, 5) is 38.4. The zero-order chi connectivity index (χ0) is 18.8. The van der Waals surface area contributed by atoms with Crippen molar-refractivity contribution in [1.29, 1.82) is 0 Å². The van der Waals surface area contributed by atoms with Gasteiger partial charge in [-0.2, -0.15) is 0 Å². The third-order valence-corrected chi connectivity index (χ3v) is 5.89. The topological polar surface area (TPSA) is 74.7 Å². The molecule has 1 saturated heterocycles. The summed E-state index contributed by atoms with van der Waals surface area (Å²) >= 11 is 7.20. The molecule has 1 aliphatic heterocycles. The third-order valence-electron chi connectivity index (χ3n) is 4.64. The molecular weight excluding hydrogens is 374 g/mol. The van der Waals surface area contributed by atoms with Gasteiger partial charge in [0.05, 0.1) is 10.3 Å². The molecule has 3 atom stereocenters. The number of likely N-dealkylation sites (tertiary alicyclic amines) is 1. The van der Waals surface area contributed by atoms with Crippen molar-refractivity contribution >= 4 is 40.7 Å². The van der Waals surface area contributed by atoms with Crippen LogP contribution in [0.5, 0.6) is 0 Å². The molecule has 1 N–H and O–H groups in total. The normalized spacial score (nSPS) is 20.5. The molecule has 1 aromatic carbocycles. The molecule has 2 heterocycles. The average Bonchev–Trinajstić information content (AvgIpc) is 3.02. The Kier molecular flexibility index (Phi) is 5.44. The van der Waals surface area contributed by atoms with Crippen molar-refractivity contribution in [3.05, 3.63) is 57.2 Å². The lowest BCUT2D eigenvalue weighted by molar-refractivity contribution is -0.177. The molecule has 3 rings (SSSR count). The van der Waals surface area contributed by atoms with Gasteiger partial charge in [0.2, 0.25) is 11.8 Å². The predicted octanol–water partition coefficient (Wildman–Crippen LogP) is 3.58. The van der Waals surface area contributed by atoms with Crippen LogP contribution in [-0.4, -0.2) is 33.8 Å². The standard InChI is InChI=1S/C19H18ClNO4S/c1-11(12-5-3-2-4-6-12)9-16(22)21-17(19(24)25)14(18(21)23)10-13-7-8-15(20)26-13/h2-8,11,14,17H,9-10H2,1H3,(H,24,25)/t11-,14+,17?/m0/s1. The second-order valence-corrected chi connectivity index (χ2v) is 8.22. The van der Waals surface area contributed by atoms with Crippen molar-refractivity contribution in [1.82, 2.24) is 4.90 Å². The van der Waals surface area contributed by atoms with E-state index in [1.54, 1.807) is 12.1 Å². The fourth-order valence-electron chi connectivity index (χ4n) is 3.25. The number of hydrogen-bond donors (Lipinski definition) is 1. The van der Waals surface area contributed by atoms with Crippen LogP contribution >= 0.6 is 22.9 Å². The van der Waals surface area contributed by atoms with Crippen LogP contribution in [-0.2, 0) is 20.8 Å². The molecule has 5 nitrogen and oxygen atoms in total. The minimum absolute atomic E-state index is 0.0943. The molecule has 1 fully saturated rings. The monoisotopic (exact) mass is 391 g/mol. The number of halogens is 1. The number of nitrogens with zero attached hydrogens (tertiary/aromatic N) is 1. The van der Waals surface area contributed by atoms with E-state index in [0.29, 0.717) is 4.34 Å². The Labute approximate surface area is 160 Å². The number of aliphatic carboxylic acids is 1. The zero-order valence-electron chi connectivity index (χ0n) is 14.1. The van der Waals surface area contributed by atoms with Crippen molar-refractivity contribution in [2.75, 3.05) is 0 Å². The van der Waals surface area contributed by atoms with Crippen LogP contribution in [0.2, 0.25) is 4.34 Å². The van der Waals surface area contributed by atoms with Crippen LogP contribution in [0.4, 0.5) is 0 Å². The molecule has 2 aromatic rings. The number of carbonyl (C=O) groups is 3. The van der Waals surface area contributed by atoms with Gasteiger partial charge in [0.15, 0.2) is 0 Å². The van der Waals surface area contributed by atoms with Crippen LogP contribution in [0.25, 0.3) is 0 Å². The van der Waals surface area contributed by atoms with E-state index in [2.05, 4.69) is 0 Å². The van der Waals surface area contributed by atoms with E-state index in [1.165, 1.54) is 11.3 Å². The average molecular weight is 392 g/mol. The van der Waals surface area contributed by atoms with E-state index in [9.17, 15) is 19.5 Å². The van der Waals surface area contributed by atoms with E-state index in [4.69, 9.17) is 11.6 Å². The Hall–Kier alpha value is -2.18. The fraction of sp³-hybridized carbons (Fsp3) is 0.316. The van der Waals surface area contributed by atoms with Gasteiger partial charge >= 0.3 is 5.97 Å². The number of rotatable bonds is 6. The second kappa shape index (κ2) is 7.60. The summed E-state index contributed by atoms with van der Waals surface area (Å²) in [6, 6.07) is 11.9. The first kappa shape index (κ1) is 18.6. The molecule has 7 heteroatoms.